The predicted molar refractivity (Wildman–Crippen MR) is 78.9 cm³/mol. The first-order chi connectivity index (χ1) is 9.88. The number of nitrogens with one attached hydrogen (secondary N) is 1. The average molecular weight is 324 g/mol. The van der Waals surface area contributed by atoms with E-state index in [0.717, 1.165) is 44.4 Å². The summed E-state index contributed by atoms with van der Waals surface area (Å²) in [6.07, 6.45) is -1.04. The molecule has 0 heterocycles. The number of halogens is 4. The maximum atomic E-state index is 12.7. The maximum Gasteiger partial charge on any atom is 0.416 e. The largest absolute Gasteiger partial charge is 0.489 e. The first kappa shape index (κ1) is 18.1. The van der Waals surface area contributed by atoms with Crippen LogP contribution in [0.15, 0.2) is 18.2 Å². The summed E-state index contributed by atoms with van der Waals surface area (Å²) in [5, 5.41) is 3.22. The van der Waals surface area contributed by atoms with Crippen molar-refractivity contribution in [2.24, 2.45) is 0 Å². The van der Waals surface area contributed by atoms with Crippen LogP contribution in [-0.2, 0) is 6.18 Å². The Bertz CT molecular complexity index is 429. The van der Waals surface area contributed by atoms with E-state index in [1.54, 1.807) is 0 Å². The topological polar surface area (TPSA) is 21.3 Å². The number of alkyl halides is 3. The molecule has 0 aliphatic heterocycles. The van der Waals surface area contributed by atoms with E-state index in [1.165, 1.54) is 6.07 Å². The molecule has 0 fully saturated rings. The molecule has 1 unspecified atom stereocenters. The van der Waals surface area contributed by atoms with Crippen molar-refractivity contribution < 1.29 is 17.9 Å². The summed E-state index contributed by atoms with van der Waals surface area (Å²) >= 11 is 5.95. The van der Waals surface area contributed by atoms with E-state index in [4.69, 9.17) is 16.3 Å². The Morgan fingerprint density at radius 3 is 2.57 bits per heavy atom. The second-order valence-electron chi connectivity index (χ2n) is 4.92. The number of hydrogen-bond donors (Lipinski definition) is 1. The van der Waals surface area contributed by atoms with Crippen LogP contribution < -0.4 is 10.1 Å². The minimum Gasteiger partial charge on any atom is -0.489 e. The summed E-state index contributed by atoms with van der Waals surface area (Å²) in [4.78, 5) is 0. The zero-order valence-electron chi connectivity index (χ0n) is 12.3. The average Bonchev–Trinajstić information content (AvgIpc) is 2.42. The Morgan fingerprint density at radius 1 is 1.29 bits per heavy atom. The number of ether oxygens (including phenoxy) is 1. The Labute approximate surface area is 128 Å². The predicted octanol–water partition coefficient (Wildman–Crippen LogP) is 4.91. The van der Waals surface area contributed by atoms with E-state index in [1.807, 2.05) is 7.05 Å². The normalized spacial score (nSPS) is 13.2. The lowest BCUT2D eigenvalue weighted by molar-refractivity contribution is -0.137. The zero-order valence-corrected chi connectivity index (χ0v) is 13.0. The lowest BCUT2D eigenvalue weighted by Crippen LogP contribution is -2.23. The Balaban J connectivity index is 2.85. The molecule has 0 spiro atoms. The number of rotatable bonds is 8. The molecular weight excluding hydrogens is 303 g/mol. The van der Waals surface area contributed by atoms with Crippen LogP contribution >= 0.6 is 11.6 Å². The number of hydrogen-bond acceptors (Lipinski definition) is 2. The van der Waals surface area contributed by atoms with E-state index in [9.17, 15) is 13.2 Å². The van der Waals surface area contributed by atoms with Crippen LogP contribution in [-0.4, -0.2) is 19.7 Å². The molecule has 1 aromatic carbocycles. The Morgan fingerprint density at radius 2 is 2.00 bits per heavy atom. The van der Waals surface area contributed by atoms with Crippen molar-refractivity contribution in [3.63, 3.8) is 0 Å². The second kappa shape index (κ2) is 8.49. The van der Waals surface area contributed by atoms with Gasteiger partial charge in [0, 0.05) is 0 Å². The molecule has 120 valence electrons. The van der Waals surface area contributed by atoms with Crippen LogP contribution in [0.2, 0.25) is 5.02 Å². The van der Waals surface area contributed by atoms with Gasteiger partial charge >= 0.3 is 6.18 Å². The molecular formula is C15H21ClF3NO. The highest BCUT2D eigenvalue weighted by molar-refractivity contribution is 6.32. The molecule has 0 amide bonds. The van der Waals surface area contributed by atoms with Crippen molar-refractivity contribution in [1.29, 1.82) is 0 Å². The SMILES string of the molecule is CCCCC(CCNC)Oc1cc(C(F)(F)F)ccc1Cl. The molecule has 0 aliphatic rings. The van der Waals surface area contributed by atoms with Gasteiger partial charge in [0.2, 0.25) is 0 Å². The minimum atomic E-state index is -4.40. The molecule has 0 radical (unpaired) electrons. The van der Waals surface area contributed by atoms with Gasteiger partial charge < -0.3 is 10.1 Å². The van der Waals surface area contributed by atoms with E-state index in [0.29, 0.717) is 0 Å². The van der Waals surface area contributed by atoms with E-state index in [2.05, 4.69) is 12.2 Å². The third kappa shape index (κ3) is 6.14. The van der Waals surface area contributed by atoms with Gasteiger partial charge in [-0.25, -0.2) is 0 Å². The Hall–Kier alpha value is -0.940. The standard InChI is InChI=1S/C15H21ClF3NO/c1-3-4-5-12(8-9-20-2)21-14-10-11(15(17,18)19)6-7-13(14)16/h6-7,10,12,20H,3-5,8-9H2,1-2H3. The van der Waals surface area contributed by atoms with Gasteiger partial charge in [0.1, 0.15) is 5.75 Å². The summed E-state index contributed by atoms with van der Waals surface area (Å²) in [5.74, 6) is 0.101. The quantitative estimate of drug-likeness (QED) is 0.734. The van der Waals surface area contributed by atoms with Gasteiger partial charge in [-0.1, -0.05) is 31.4 Å². The highest BCUT2D eigenvalue weighted by Crippen LogP contribution is 2.35. The smallest absolute Gasteiger partial charge is 0.416 e. The highest BCUT2D eigenvalue weighted by Gasteiger charge is 2.31. The fourth-order valence-electron chi connectivity index (χ4n) is 1.95. The lowest BCUT2D eigenvalue weighted by Gasteiger charge is -2.20. The molecule has 2 nitrogen and oxygen atoms in total. The van der Waals surface area contributed by atoms with Crippen molar-refractivity contribution in [2.45, 2.75) is 44.9 Å². The van der Waals surface area contributed by atoms with Gasteiger partial charge in [-0.3, -0.25) is 0 Å². The molecule has 0 aromatic heterocycles. The maximum absolute atomic E-state index is 12.7. The lowest BCUT2D eigenvalue weighted by atomic mass is 10.1. The van der Waals surface area contributed by atoms with Gasteiger partial charge in [-0.15, -0.1) is 0 Å². The van der Waals surface area contributed by atoms with Gasteiger partial charge in [0.15, 0.2) is 0 Å². The van der Waals surface area contributed by atoms with E-state index in [-0.39, 0.29) is 16.9 Å². The van der Waals surface area contributed by atoms with Crippen LogP contribution in [0.1, 0.15) is 38.2 Å². The van der Waals surface area contributed by atoms with Crippen molar-refractivity contribution in [3.05, 3.63) is 28.8 Å². The van der Waals surface area contributed by atoms with Crippen LogP contribution in [0, 0.1) is 0 Å². The Kier molecular flexibility index (Phi) is 7.32. The molecule has 1 N–H and O–H groups in total. The molecule has 1 rings (SSSR count). The first-order valence-electron chi connectivity index (χ1n) is 7.06. The second-order valence-corrected chi connectivity index (χ2v) is 5.32. The minimum absolute atomic E-state index is 0.101. The molecule has 6 heteroatoms. The van der Waals surface area contributed by atoms with Gasteiger partial charge in [-0.2, -0.15) is 13.2 Å². The van der Waals surface area contributed by atoms with Crippen molar-refractivity contribution >= 4 is 11.6 Å². The third-order valence-electron chi connectivity index (χ3n) is 3.15. The number of unbranched alkanes of at least 4 members (excludes halogenated alkanes) is 1. The summed E-state index contributed by atoms with van der Waals surface area (Å²) in [5.41, 5.74) is -0.746. The third-order valence-corrected chi connectivity index (χ3v) is 3.46. The van der Waals surface area contributed by atoms with Crippen LogP contribution in [0.3, 0.4) is 0 Å². The van der Waals surface area contributed by atoms with Crippen LogP contribution in [0.5, 0.6) is 5.75 Å². The van der Waals surface area contributed by atoms with Crippen LogP contribution in [0.4, 0.5) is 13.2 Å². The van der Waals surface area contributed by atoms with Gasteiger partial charge in [-0.05, 0) is 44.6 Å². The van der Waals surface area contributed by atoms with Crippen molar-refractivity contribution in [2.75, 3.05) is 13.6 Å². The first-order valence-corrected chi connectivity index (χ1v) is 7.44. The van der Waals surface area contributed by atoms with Gasteiger partial charge in [0.25, 0.3) is 0 Å². The summed E-state index contributed by atoms with van der Waals surface area (Å²) in [6, 6.07) is 3.17. The molecule has 1 atom stereocenters. The zero-order chi connectivity index (χ0) is 15.9. The molecule has 0 aliphatic carbocycles. The molecule has 1 aromatic rings. The monoisotopic (exact) mass is 323 g/mol. The summed E-state index contributed by atoms with van der Waals surface area (Å²) in [7, 11) is 1.83. The van der Waals surface area contributed by atoms with Crippen molar-refractivity contribution in [3.8, 4) is 5.75 Å². The van der Waals surface area contributed by atoms with Gasteiger partial charge in [0.05, 0.1) is 16.7 Å². The fourth-order valence-corrected chi connectivity index (χ4v) is 2.11. The van der Waals surface area contributed by atoms with Crippen LogP contribution in [0.25, 0.3) is 0 Å². The highest BCUT2D eigenvalue weighted by atomic mass is 35.5. The van der Waals surface area contributed by atoms with Crippen molar-refractivity contribution in [1.82, 2.24) is 5.32 Å². The molecule has 0 bridgehead atoms. The fraction of sp³-hybridized carbons (Fsp3) is 0.600. The summed E-state index contributed by atoms with van der Waals surface area (Å²) in [6.45, 7) is 2.80. The molecule has 0 saturated carbocycles. The molecule has 0 saturated heterocycles. The summed E-state index contributed by atoms with van der Waals surface area (Å²) < 4.78 is 43.9. The molecule has 21 heavy (non-hydrogen) atoms. The number of benzene rings is 1. The van der Waals surface area contributed by atoms with E-state index < -0.39 is 11.7 Å². The van der Waals surface area contributed by atoms with E-state index >= 15 is 0 Å².